The SMILES string of the molecule is CC(C)CNC(=O)C1CCCN(C(=O)OC(C)(C)C)C1. The smallest absolute Gasteiger partial charge is 0.410 e. The second-order valence-electron chi connectivity index (χ2n) is 6.90. The zero-order valence-electron chi connectivity index (χ0n) is 13.4. The molecule has 0 bridgehead atoms. The van der Waals surface area contributed by atoms with Gasteiger partial charge in [0.05, 0.1) is 5.92 Å². The van der Waals surface area contributed by atoms with Crippen molar-refractivity contribution in [2.45, 2.75) is 53.1 Å². The third-order valence-electron chi connectivity index (χ3n) is 3.13. The van der Waals surface area contributed by atoms with Gasteiger partial charge in [-0.3, -0.25) is 4.79 Å². The number of nitrogens with one attached hydrogen (secondary N) is 1. The van der Waals surface area contributed by atoms with Crippen LogP contribution in [0.5, 0.6) is 0 Å². The highest BCUT2D eigenvalue weighted by atomic mass is 16.6. The van der Waals surface area contributed by atoms with Crippen LogP contribution in [-0.4, -0.2) is 42.1 Å². The Morgan fingerprint density at radius 2 is 2.00 bits per heavy atom. The Kier molecular flexibility index (Phi) is 5.84. The van der Waals surface area contributed by atoms with Crippen LogP contribution in [0.1, 0.15) is 47.5 Å². The molecule has 0 radical (unpaired) electrons. The van der Waals surface area contributed by atoms with E-state index in [4.69, 9.17) is 4.74 Å². The molecule has 0 saturated carbocycles. The number of ether oxygens (including phenoxy) is 1. The Bertz CT molecular complexity index is 348. The average Bonchev–Trinajstić information content (AvgIpc) is 2.34. The van der Waals surface area contributed by atoms with E-state index in [-0.39, 0.29) is 17.9 Å². The Hall–Kier alpha value is -1.26. The molecule has 1 aliphatic heterocycles. The minimum absolute atomic E-state index is 0.0481. The normalized spacial score (nSPS) is 19.9. The molecule has 1 rings (SSSR count). The Labute approximate surface area is 122 Å². The maximum atomic E-state index is 12.1. The molecule has 116 valence electrons. The molecule has 1 aliphatic rings. The minimum Gasteiger partial charge on any atom is -0.444 e. The van der Waals surface area contributed by atoms with E-state index in [0.717, 1.165) is 12.8 Å². The quantitative estimate of drug-likeness (QED) is 0.865. The van der Waals surface area contributed by atoms with Gasteiger partial charge in [-0.05, 0) is 39.5 Å². The summed E-state index contributed by atoms with van der Waals surface area (Å²) in [4.78, 5) is 25.7. The first-order valence-electron chi connectivity index (χ1n) is 7.44. The van der Waals surface area contributed by atoms with Gasteiger partial charge >= 0.3 is 6.09 Å². The third-order valence-corrected chi connectivity index (χ3v) is 3.13. The van der Waals surface area contributed by atoms with Crippen LogP contribution in [0.15, 0.2) is 0 Å². The Morgan fingerprint density at radius 1 is 1.35 bits per heavy atom. The number of rotatable bonds is 3. The lowest BCUT2D eigenvalue weighted by Crippen LogP contribution is -2.47. The standard InChI is InChI=1S/C15H28N2O3/c1-11(2)9-16-13(18)12-7-6-8-17(10-12)14(19)20-15(3,4)5/h11-12H,6-10H2,1-5H3,(H,16,18). The number of carbonyl (C=O) groups is 2. The van der Waals surface area contributed by atoms with Crippen molar-refractivity contribution >= 4 is 12.0 Å². The highest BCUT2D eigenvalue weighted by Gasteiger charge is 2.30. The summed E-state index contributed by atoms with van der Waals surface area (Å²) in [5.41, 5.74) is -0.496. The molecule has 1 fully saturated rings. The van der Waals surface area contributed by atoms with Crippen molar-refractivity contribution in [1.29, 1.82) is 0 Å². The molecule has 5 nitrogen and oxygen atoms in total. The minimum atomic E-state index is -0.496. The van der Waals surface area contributed by atoms with Crippen LogP contribution in [0, 0.1) is 11.8 Å². The highest BCUT2D eigenvalue weighted by Crippen LogP contribution is 2.19. The summed E-state index contributed by atoms with van der Waals surface area (Å²) in [6.45, 7) is 11.5. The fourth-order valence-corrected chi connectivity index (χ4v) is 2.13. The van der Waals surface area contributed by atoms with E-state index in [1.54, 1.807) is 4.90 Å². The van der Waals surface area contributed by atoms with E-state index in [2.05, 4.69) is 19.2 Å². The highest BCUT2D eigenvalue weighted by molar-refractivity contribution is 5.80. The number of nitrogens with zero attached hydrogens (tertiary/aromatic N) is 1. The molecule has 0 aromatic rings. The van der Waals surface area contributed by atoms with Crippen LogP contribution in [0.25, 0.3) is 0 Å². The first-order chi connectivity index (χ1) is 9.19. The van der Waals surface area contributed by atoms with E-state index in [1.807, 2.05) is 20.8 Å². The van der Waals surface area contributed by atoms with Gasteiger partial charge in [-0.15, -0.1) is 0 Å². The van der Waals surface area contributed by atoms with Gasteiger partial charge in [-0.2, -0.15) is 0 Å². The van der Waals surface area contributed by atoms with E-state index >= 15 is 0 Å². The van der Waals surface area contributed by atoms with Gasteiger partial charge in [0.2, 0.25) is 5.91 Å². The molecule has 1 N–H and O–H groups in total. The average molecular weight is 284 g/mol. The van der Waals surface area contributed by atoms with Gasteiger partial charge in [-0.1, -0.05) is 13.8 Å². The van der Waals surface area contributed by atoms with Crippen LogP contribution >= 0.6 is 0 Å². The molecule has 20 heavy (non-hydrogen) atoms. The lowest BCUT2D eigenvalue weighted by Gasteiger charge is -2.33. The van der Waals surface area contributed by atoms with E-state index in [0.29, 0.717) is 25.6 Å². The number of amides is 2. The number of hydrogen-bond acceptors (Lipinski definition) is 3. The second kappa shape index (κ2) is 6.95. The molecular formula is C15H28N2O3. The summed E-state index contributed by atoms with van der Waals surface area (Å²) < 4.78 is 5.36. The molecule has 5 heteroatoms. The molecule has 0 aromatic carbocycles. The van der Waals surface area contributed by atoms with Crippen molar-refractivity contribution in [3.8, 4) is 0 Å². The maximum absolute atomic E-state index is 12.1. The number of carbonyl (C=O) groups excluding carboxylic acids is 2. The number of piperidine rings is 1. The summed E-state index contributed by atoms with van der Waals surface area (Å²) in [5, 5.41) is 2.94. The van der Waals surface area contributed by atoms with Crippen LogP contribution in [0.4, 0.5) is 4.79 Å². The van der Waals surface area contributed by atoms with Crippen molar-refractivity contribution in [2.75, 3.05) is 19.6 Å². The first kappa shape index (κ1) is 16.8. The largest absolute Gasteiger partial charge is 0.444 e. The fourth-order valence-electron chi connectivity index (χ4n) is 2.13. The molecule has 0 aliphatic carbocycles. The van der Waals surface area contributed by atoms with E-state index in [1.165, 1.54) is 0 Å². The number of hydrogen-bond donors (Lipinski definition) is 1. The van der Waals surface area contributed by atoms with Gasteiger partial charge in [0, 0.05) is 19.6 Å². The van der Waals surface area contributed by atoms with Gasteiger partial charge in [0.1, 0.15) is 5.60 Å². The zero-order valence-corrected chi connectivity index (χ0v) is 13.4. The lowest BCUT2D eigenvalue weighted by atomic mass is 9.97. The van der Waals surface area contributed by atoms with Crippen molar-refractivity contribution in [3.63, 3.8) is 0 Å². The maximum Gasteiger partial charge on any atom is 0.410 e. The van der Waals surface area contributed by atoms with Crippen molar-refractivity contribution in [2.24, 2.45) is 11.8 Å². The van der Waals surface area contributed by atoms with Gasteiger partial charge in [-0.25, -0.2) is 4.79 Å². The van der Waals surface area contributed by atoms with Crippen LogP contribution in [0.3, 0.4) is 0 Å². The third kappa shape index (κ3) is 5.80. The fraction of sp³-hybridized carbons (Fsp3) is 0.867. The summed E-state index contributed by atoms with van der Waals surface area (Å²) in [5.74, 6) is 0.367. The van der Waals surface area contributed by atoms with Crippen molar-refractivity contribution in [3.05, 3.63) is 0 Å². The zero-order chi connectivity index (χ0) is 15.3. The summed E-state index contributed by atoms with van der Waals surface area (Å²) in [7, 11) is 0. The topological polar surface area (TPSA) is 58.6 Å². The van der Waals surface area contributed by atoms with E-state index < -0.39 is 5.60 Å². The summed E-state index contributed by atoms with van der Waals surface area (Å²) in [6.07, 6.45) is 1.36. The van der Waals surface area contributed by atoms with Gasteiger partial charge in [0.15, 0.2) is 0 Å². The predicted octanol–water partition coefficient (Wildman–Crippen LogP) is 2.41. The molecule has 2 amide bonds. The van der Waals surface area contributed by atoms with Crippen molar-refractivity contribution < 1.29 is 14.3 Å². The molecule has 1 heterocycles. The number of likely N-dealkylation sites (tertiary alicyclic amines) is 1. The Morgan fingerprint density at radius 3 is 2.55 bits per heavy atom. The molecular weight excluding hydrogens is 256 g/mol. The molecule has 1 atom stereocenters. The monoisotopic (exact) mass is 284 g/mol. The molecule has 1 saturated heterocycles. The van der Waals surface area contributed by atoms with Gasteiger partial charge < -0.3 is 15.0 Å². The van der Waals surface area contributed by atoms with Crippen LogP contribution < -0.4 is 5.32 Å². The summed E-state index contributed by atoms with van der Waals surface area (Å²) in [6, 6.07) is 0. The predicted molar refractivity (Wildman–Crippen MR) is 78.4 cm³/mol. The molecule has 1 unspecified atom stereocenters. The van der Waals surface area contributed by atoms with E-state index in [9.17, 15) is 9.59 Å². The molecule has 0 spiro atoms. The molecule has 0 aromatic heterocycles. The first-order valence-corrected chi connectivity index (χ1v) is 7.44. The van der Waals surface area contributed by atoms with Crippen LogP contribution in [0.2, 0.25) is 0 Å². The second-order valence-corrected chi connectivity index (χ2v) is 6.90. The lowest BCUT2D eigenvalue weighted by molar-refractivity contribution is -0.126. The van der Waals surface area contributed by atoms with Crippen LogP contribution in [-0.2, 0) is 9.53 Å². The van der Waals surface area contributed by atoms with Gasteiger partial charge in [0.25, 0.3) is 0 Å². The van der Waals surface area contributed by atoms with Crippen molar-refractivity contribution in [1.82, 2.24) is 10.2 Å². The summed E-state index contributed by atoms with van der Waals surface area (Å²) >= 11 is 0. The Balaban J connectivity index is 2.49.